The van der Waals surface area contributed by atoms with E-state index in [1.807, 2.05) is 34.8 Å². The minimum atomic E-state index is 0.586. The van der Waals surface area contributed by atoms with Crippen molar-refractivity contribution in [2.45, 2.75) is 0 Å². The molecule has 0 bridgehead atoms. The summed E-state index contributed by atoms with van der Waals surface area (Å²) in [6.07, 6.45) is 0. The first-order chi connectivity index (χ1) is 50.0. The average molecular weight is 1320 g/mol. The highest BCUT2D eigenvalue weighted by Gasteiger charge is 2.21. The van der Waals surface area contributed by atoms with Crippen molar-refractivity contribution in [1.29, 1.82) is 0 Å². The van der Waals surface area contributed by atoms with E-state index in [4.69, 9.17) is 15.0 Å². The summed E-state index contributed by atoms with van der Waals surface area (Å²) in [5, 5.41) is 7.67. The molecule has 4 heterocycles. The topological polar surface area (TPSA) is 43.6 Å². The number of para-hydroxylation sites is 2. The van der Waals surface area contributed by atoms with Crippen LogP contribution in [0.3, 0.4) is 0 Å². The Balaban J connectivity index is 0.760. The van der Waals surface area contributed by atoms with Crippen molar-refractivity contribution >= 4 is 96.0 Å². The molecule has 19 aromatic rings. The van der Waals surface area contributed by atoms with Crippen LogP contribution in [-0.2, 0) is 0 Å². The standard InChI is InChI=1S/C95H60N4S2/c1-3-15-61(16-4-1)63-35-45-73(46-36-63)93-96-94(74-47-37-64(38-48-74)62-17-5-2-6-18-62)98-95(97-93)75-49-43-71(44-50-75)91(69-39-31-66(32-40-69)65-27-29-67(30-28-65)76-53-57-83-81-21-9-13-25-87(81)100-89(83)59-76)92(70-41-33-68(34-42-70)77-54-58-84-82-22-10-14-26-88(82)101-90(84)60-77)72-51-55-78(56-52-72)99-85-23-11-7-19-79(85)80-20-8-12-24-86(80)99/h1-60H/b92-91-. The van der Waals surface area contributed by atoms with Crippen LogP contribution >= 0.6 is 22.7 Å². The molecule has 0 amide bonds. The van der Waals surface area contributed by atoms with Gasteiger partial charge in [0.15, 0.2) is 17.5 Å². The Morgan fingerprint density at radius 3 is 0.832 bits per heavy atom. The number of aromatic nitrogens is 4. The fraction of sp³-hybridized carbons (Fsp3) is 0. The lowest BCUT2D eigenvalue weighted by Crippen LogP contribution is -2.01. The average Bonchev–Trinajstić information content (AvgIpc) is 1.63. The minimum Gasteiger partial charge on any atom is -0.309 e. The summed E-state index contributed by atoms with van der Waals surface area (Å²) in [6.45, 7) is 0. The van der Waals surface area contributed by atoms with Crippen molar-refractivity contribution in [3.8, 4) is 95.5 Å². The molecule has 0 aliphatic rings. The molecule has 19 rings (SSSR count). The minimum absolute atomic E-state index is 0.586. The Hall–Kier alpha value is -12.7. The number of hydrogen-bond donors (Lipinski definition) is 0. The van der Waals surface area contributed by atoms with Gasteiger partial charge >= 0.3 is 0 Å². The summed E-state index contributed by atoms with van der Waals surface area (Å²) in [5.74, 6) is 1.79. The van der Waals surface area contributed by atoms with Gasteiger partial charge < -0.3 is 4.57 Å². The molecule has 0 N–H and O–H groups in total. The monoisotopic (exact) mass is 1320 g/mol. The summed E-state index contributed by atoms with van der Waals surface area (Å²) in [4.78, 5) is 15.8. The smallest absolute Gasteiger partial charge is 0.164 e. The maximum absolute atomic E-state index is 5.30. The van der Waals surface area contributed by atoms with Crippen LogP contribution < -0.4 is 0 Å². The van der Waals surface area contributed by atoms with Crippen LogP contribution in [0.4, 0.5) is 0 Å². The predicted octanol–water partition coefficient (Wildman–Crippen LogP) is 26.0. The lowest BCUT2D eigenvalue weighted by atomic mass is 9.84. The van der Waals surface area contributed by atoms with Crippen LogP contribution in [0.25, 0.3) is 169 Å². The van der Waals surface area contributed by atoms with Crippen LogP contribution in [0.1, 0.15) is 22.3 Å². The first kappa shape index (κ1) is 59.5. The van der Waals surface area contributed by atoms with Gasteiger partial charge in [-0.1, -0.05) is 315 Å². The first-order valence-electron chi connectivity index (χ1n) is 34.2. The number of rotatable bonds is 13. The molecule has 4 nitrogen and oxygen atoms in total. The highest BCUT2D eigenvalue weighted by atomic mass is 32.1. The van der Waals surface area contributed by atoms with Crippen molar-refractivity contribution in [2.24, 2.45) is 0 Å². The zero-order valence-corrected chi connectivity index (χ0v) is 56.4. The van der Waals surface area contributed by atoms with Gasteiger partial charge in [-0.15, -0.1) is 22.7 Å². The molecule has 472 valence electrons. The maximum atomic E-state index is 5.30. The highest BCUT2D eigenvalue weighted by Crippen LogP contribution is 2.43. The molecule has 0 atom stereocenters. The molecule has 6 heteroatoms. The van der Waals surface area contributed by atoms with Crippen LogP contribution in [0, 0.1) is 0 Å². The number of hydrogen-bond acceptors (Lipinski definition) is 5. The second-order valence-corrected chi connectivity index (χ2v) is 28.0. The van der Waals surface area contributed by atoms with E-state index < -0.39 is 0 Å². The van der Waals surface area contributed by atoms with Crippen molar-refractivity contribution in [2.75, 3.05) is 0 Å². The van der Waals surface area contributed by atoms with Gasteiger partial charge in [0.1, 0.15) is 0 Å². The third-order valence-electron chi connectivity index (χ3n) is 19.8. The lowest BCUT2D eigenvalue weighted by molar-refractivity contribution is 1.07. The quantitative estimate of drug-likeness (QED) is 0.108. The normalized spacial score (nSPS) is 11.9. The predicted molar refractivity (Wildman–Crippen MR) is 428 cm³/mol. The fourth-order valence-electron chi connectivity index (χ4n) is 14.6. The van der Waals surface area contributed by atoms with Crippen molar-refractivity contribution in [1.82, 2.24) is 19.5 Å². The summed E-state index contributed by atoms with van der Waals surface area (Å²) in [7, 11) is 0. The van der Waals surface area contributed by atoms with E-state index in [0.717, 1.165) is 94.7 Å². The van der Waals surface area contributed by atoms with E-state index in [9.17, 15) is 0 Å². The molecule has 0 radical (unpaired) electrons. The van der Waals surface area contributed by atoms with E-state index in [1.54, 1.807) is 0 Å². The summed E-state index contributed by atoms with van der Waals surface area (Å²) >= 11 is 3.71. The molecular formula is C95H60N4S2. The zero-order valence-electron chi connectivity index (χ0n) is 54.7. The third-order valence-corrected chi connectivity index (χ3v) is 22.1. The van der Waals surface area contributed by atoms with E-state index in [2.05, 4.69) is 356 Å². The Morgan fingerprint density at radius 2 is 0.455 bits per heavy atom. The van der Waals surface area contributed by atoms with Crippen molar-refractivity contribution in [3.63, 3.8) is 0 Å². The zero-order chi connectivity index (χ0) is 66.7. The first-order valence-corrected chi connectivity index (χ1v) is 35.8. The van der Waals surface area contributed by atoms with Gasteiger partial charge in [-0.2, -0.15) is 0 Å². The van der Waals surface area contributed by atoms with E-state index in [-0.39, 0.29) is 0 Å². The Morgan fingerprint density at radius 1 is 0.198 bits per heavy atom. The van der Waals surface area contributed by atoms with Gasteiger partial charge in [0.2, 0.25) is 0 Å². The molecular weight excluding hydrogens is 1260 g/mol. The fourth-order valence-corrected chi connectivity index (χ4v) is 16.9. The van der Waals surface area contributed by atoms with Crippen LogP contribution in [0.5, 0.6) is 0 Å². The second-order valence-electron chi connectivity index (χ2n) is 25.8. The lowest BCUT2D eigenvalue weighted by Gasteiger charge is -2.20. The van der Waals surface area contributed by atoms with Crippen LogP contribution in [0.15, 0.2) is 364 Å². The van der Waals surface area contributed by atoms with E-state index >= 15 is 0 Å². The van der Waals surface area contributed by atoms with Gasteiger partial charge in [0, 0.05) is 73.5 Å². The Bertz CT molecular complexity index is 6200. The molecule has 0 saturated heterocycles. The SMILES string of the molecule is c1ccc(-c2ccc(-c3nc(-c4ccc(/C(=C(/c5ccc(-c6ccc7c(c6)sc6ccccc67)cc5)c5ccc(-n6c7ccccc7c7ccccc76)cc5)c5ccc(-c6ccc(-c7ccc8c(c7)sc7ccccc78)cc6)cc5)cc4)nc(-c4ccc(-c5ccccc5)cc4)n3)cc2)cc1. The van der Waals surface area contributed by atoms with Crippen molar-refractivity contribution < 1.29 is 0 Å². The third kappa shape index (κ3) is 11.1. The molecule has 0 saturated carbocycles. The van der Waals surface area contributed by atoms with Gasteiger partial charge in [0.25, 0.3) is 0 Å². The largest absolute Gasteiger partial charge is 0.309 e. The van der Waals surface area contributed by atoms with Crippen LogP contribution in [-0.4, -0.2) is 19.5 Å². The molecule has 0 fully saturated rings. The second kappa shape index (κ2) is 25.3. The molecule has 0 spiro atoms. The van der Waals surface area contributed by atoms with E-state index in [0.29, 0.717) is 17.5 Å². The molecule has 15 aromatic carbocycles. The summed E-state index contributed by atoms with van der Waals surface area (Å²) in [6, 6.07) is 132. The van der Waals surface area contributed by atoms with Crippen molar-refractivity contribution in [3.05, 3.63) is 386 Å². The van der Waals surface area contributed by atoms with Crippen LogP contribution in [0.2, 0.25) is 0 Å². The summed E-state index contributed by atoms with van der Waals surface area (Å²) < 4.78 is 7.60. The van der Waals surface area contributed by atoms with Gasteiger partial charge in [0.05, 0.1) is 11.0 Å². The molecule has 0 unspecified atom stereocenters. The highest BCUT2D eigenvalue weighted by molar-refractivity contribution is 7.26. The molecule has 101 heavy (non-hydrogen) atoms. The number of fused-ring (bicyclic) bond motifs is 9. The number of thiophene rings is 2. The Kier molecular flexibility index (Phi) is 14.9. The maximum Gasteiger partial charge on any atom is 0.164 e. The van der Waals surface area contributed by atoms with E-state index in [1.165, 1.54) is 78.8 Å². The molecule has 4 aromatic heterocycles. The number of benzene rings is 15. The van der Waals surface area contributed by atoms with Gasteiger partial charge in [-0.05, 0) is 138 Å². The summed E-state index contributed by atoms with van der Waals surface area (Å²) in [5.41, 5.74) is 24.2. The number of nitrogens with zero attached hydrogens (tertiary/aromatic N) is 4. The molecule has 0 aliphatic carbocycles. The molecule has 0 aliphatic heterocycles. The van der Waals surface area contributed by atoms with Gasteiger partial charge in [-0.3, -0.25) is 0 Å². The van der Waals surface area contributed by atoms with Gasteiger partial charge in [-0.25, -0.2) is 15.0 Å². The Labute approximate surface area is 593 Å².